The van der Waals surface area contributed by atoms with Gasteiger partial charge in [0, 0.05) is 25.2 Å². The van der Waals surface area contributed by atoms with Crippen LogP contribution in [0.15, 0.2) is 47.4 Å². The molecule has 0 heterocycles. The van der Waals surface area contributed by atoms with Crippen LogP contribution in [0, 0.1) is 13.8 Å². The predicted molar refractivity (Wildman–Crippen MR) is 108 cm³/mol. The summed E-state index contributed by atoms with van der Waals surface area (Å²) < 4.78 is 26.1. The number of nitrogens with zero attached hydrogens (tertiary/aromatic N) is 1. The highest BCUT2D eigenvalue weighted by Crippen LogP contribution is 2.21. The third kappa shape index (κ3) is 5.17. The Morgan fingerprint density at radius 2 is 1.63 bits per heavy atom. The van der Waals surface area contributed by atoms with Crippen molar-refractivity contribution in [2.45, 2.75) is 44.6 Å². The number of amides is 1. The maximum atomic E-state index is 12.7. The molecule has 0 spiro atoms. The van der Waals surface area contributed by atoms with Crippen LogP contribution in [0.3, 0.4) is 0 Å². The van der Waals surface area contributed by atoms with Crippen LogP contribution < -0.4 is 5.32 Å². The molecule has 27 heavy (non-hydrogen) atoms. The molecule has 0 radical (unpaired) electrons. The van der Waals surface area contributed by atoms with Crippen molar-refractivity contribution in [1.29, 1.82) is 0 Å². The van der Waals surface area contributed by atoms with Crippen molar-refractivity contribution in [3.05, 3.63) is 64.7 Å². The monoisotopic (exact) mass is 388 g/mol. The molecule has 0 aromatic heterocycles. The summed E-state index contributed by atoms with van der Waals surface area (Å²) in [6, 6.07) is 13.0. The molecule has 0 saturated carbocycles. The number of nitrogens with one attached hydrogen (secondary N) is 1. The summed E-state index contributed by atoms with van der Waals surface area (Å²) in [6.07, 6.45) is 0.674. The first kappa shape index (κ1) is 21.1. The lowest BCUT2D eigenvalue weighted by atomic mass is 9.94. The molecule has 2 aromatic carbocycles. The highest BCUT2D eigenvalue weighted by atomic mass is 32.2. The van der Waals surface area contributed by atoms with Crippen LogP contribution in [0.2, 0.25) is 0 Å². The van der Waals surface area contributed by atoms with E-state index in [1.807, 2.05) is 32.9 Å². The maximum Gasteiger partial charge on any atom is 0.251 e. The fourth-order valence-electron chi connectivity index (χ4n) is 2.86. The summed E-state index contributed by atoms with van der Waals surface area (Å²) in [5.74, 6) is -0.290. The van der Waals surface area contributed by atoms with Crippen LogP contribution in [0.5, 0.6) is 0 Å². The number of carbonyl (C=O) groups is 1. The lowest BCUT2D eigenvalue weighted by Gasteiger charge is -2.27. The molecule has 1 N–H and O–H groups in total. The van der Waals surface area contributed by atoms with E-state index in [2.05, 4.69) is 17.4 Å². The second kappa shape index (κ2) is 7.82. The number of hydrogen-bond acceptors (Lipinski definition) is 3. The molecule has 0 bridgehead atoms. The summed E-state index contributed by atoms with van der Waals surface area (Å²) in [6.45, 7) is 7.67. The van der Waals surface area contributed by atoms with Crippen LogP contribution >= 0.6 is 0 Å². The summed E-state index contributed by atoms with van der Waals surface area (Å²) in [5, 5.41) is 3.02. The Morgan fingerprint density at radius 3 is 2.19 bits per heavy atom. The molecule has 0 atom stereocenters. The van der Waals surface area contributed by atoms with Crippen molar-refractivity contribution in [3.8, 4) is 0 Å². The van der Waals surface area contributed by atoms with Crippen LogP contribution in [0.1, 0.15) is 40.9 Å². The molecule has 2 aromatic rings. The molecule has 146 valence electrons. The molecule has 0 fully saturated rings. The van der Waals surface area contributed by atoms with E-state index in [-0.39, 0.29) is 10.8 Å². The first-order valence-electron chi connectivity index (χ1n) is 8.84. The quantitative estimate of drug-likeness (QED) is 0.826. The molecular weight excluding hydrogens is 360 g/mol. The highest BCUT2D eigenvalue weighted by molar-refractivity contribution is 7.89. The average Bonchev–Trinajstić information content (AvgIpc) is 2.56. The number of benzene rings is 2. The normalized spacial score (nSPS) is 12.3. The first-order chi connectivity index (χ1) is 12.4. The van der Waals surface area contributed by atoms with Gasteiger partial charge in [0.05, 0.1) is 4.90 Å². The van der Waals surface area contributed by atoms with E-state index < -0.39 is 15.6 Å². The lowest BCUT2D eigenvalue weighted by molar-refractivity contribution is 0.0913. The molecule has 1 amide bonds. The second-order valence-electron chi connectivity index (χ2n) is 7.77. The molecule has 0 unspecified atom stereocenters. The van der Waals surface area contributed by atoms with Gasteiger partial charge in [0.2, 0.25) is 10.0 Å². The SMILES string of the molecule is Cc1ccc(CC(C)(C)NC(=O)c2ccc(C)c(S(=O)(=O)N(C)C)c2)cc1. The summed E-state index contributed by atoms with van der Waals surface area (Å²) >= 11 is 0. The standard InChI is InChI=1S/C21H28N2O3S/c1-15-7-10-17(11-8-15)14-21(3,4)22-20(24)18-12-9-16(2)19(13-18)27(25,26)23(5)6/h7-13H,14H2,1-6H3,(H,22,24). The largest absolute Gasteiger partial charge is 0.347 e. The van der Waals surface area contributed by atoms with Crippen molar-refractivity contribution < 1.29 is 13.2 Å². The highest BCUT2D eigenvalue weighted by Gasteiger charge is 2.25. The number of rotatable bonds is 6. The van der Waals surface area contributed by atoms with Crippen molar-refractivity contribution in [2.75, 3.05) is 14.1 Å². The smallest absolute Gasteiger partial charge is 0.251 e. The maximum absolute atomic E-state index is 12.7. The Hall–Kier alpha value is -2.18. The first-order valence-corrected chi connectivity index (χ1v) is 10.3. The van der Waals surface area contributed by atoms with Gasteiger partial charge in [0.15, 0.2) is 0 Å². The Balaban J connectivity index is 2.23. The Labute approximate surface area is 162 Å². The minimum atomic E-state index is -3.61. The van der Waals surface area contributed by atoms with Gasteiger partial charge in [0.25, 0.3) is 5.91 Å². The van der Waals surface area contributed by atoms with Crippen molar-refractivity contribution in [3.63, 3.8) is 0 Å². The Kier molecular flexibility index (Phi) is 6.12. The van der Waals surface area contributed by atoms with Crippen LogP contribution in [0.25, 0.3) is 0 Å². The van der Waals surface area contributed by atoms with E-state index in [4.69, 9.17) is 0 Å². The number of carbonyl (C=O) groups excluding carboxylic acids is 1. The van der Waals surface area contributed by atoms with Crippen molar-refractivity contribution in [1.82, 2.24) is 9.62 Å². The Bertz CT molecular complexity index is 930. The van der Waals surface area contributed by atoms with Gasteiger partial charge in [-0.25, -0.2) is 12.7 Å². The molecular formula is C21H28N2O3S. The van der Waals surface area contributed by atoms with E-state index in [0.29, 0.717) is 17.5 Å². The zero-order valence-corrected chi connectivity index (χ0v) is 17.6. The van der Waals surface area contributed by atoms with Gasteiger partial charge in [0.1, 0.15) is 0 Å². The van der Waals surface area contributed by atoms with Gasteiger partial charge >= 0.3 is 0 Å². The summed E-state index contributed by atoms with van der Waals surface area (Å²) in [7, 11) is -0.650. The molecule has 2 rings (SSSR count). The van der Waals surface area contributed by atoms with Gasteiger partial charge in [-0.3, -0.25) is 4.79 Å². The molecule has 0 aliphatic rings. The van der Waals surface area contributed by atoms with E-state index in [0.717, 1.165) is 9.87 Å². The summed E-state index contributed by atoms with van der Waals surface area (Å²) in [4.78, 5) is 12.9. The fourth-order valence-corrected chi connectivity index (χ4v) is 4.00. The van der Waals surface area contributed by atoms with E-state index >= 15 is 0 Å². The zero-order chi connectivity index (χ0) is 20.4. The van der Waals surface area contributed by atoms with Crippen LogP contribution in [-0.4, -0.2) is 38.3 Å². The Morgan fingerprint density at radius 1 is 1.04 bits per heavy atom. The van der Waals surface area contributed by atoms with E-state index in [9.17, 15) is 13.2 Å². The van der Waals surface area contributed by atoms with Gasteiger partial charge in [-0.15, -0.1) is 0 Å². The molecule has 0 saturated heterocycles. The van der Waals surface area contributed by atoms with Crippen molar-refractivity contribution in [2.24, 2.45) is 0 Å². The van der Waals surface area contributed by atoms with E-state index in [1.165, 1.54) is 25.7 Å². The van der Waals surface area contributed by atoms with Crippen LogP contribution in [-0.2, 0) is 16.4 Å². The second-order valence-corrected chi connectivity index (χ2v) is 9.89. The zero-order valence-electron chi connectivity index (χ0n) is 16.8. The number of aryl methyl sites for hydroxylation is 2. The summed E-state index contributed by atoms with van der Waals surface area (Å²) in [5.41, 5.74) is 2.79. The number of sulfonamides is 1. The predicted octanol–water partition coefficient (Wildman–Crippen LogP) is 3.30. The topological polar surface area (TPSA) is 66.5 Å². The lowest BCUT2D eigenvalue weighted by Crippen LogP contribution is -2.45. The molecule has 0 aliphatic heterocycles. The van der Waals surface area contributed by atoms with Gasteiger partial charge in [-0.05, 0) is 57.4 Å². The van der Waals surface area contributed by atoms with Gasteiger partial charge in [-0.2, -0.15) is 0 Å². The number of hydrogen-bond donors (Lipinski definition) is 1. The third-order valence-electron chi connectivity index (χ3n) is 4.43. The molecule has 0 aliphatic carbocycles. The fraction of sp³-hybridized carbons (Fsp3) is 0.381. The van der Waals surface area contributed by atoms with Gasteiger partial charge < -0.3 is 5.32 Å². The molecule has 6 heteroatoms. The third-order valence-corrected chi connectivity index (χ3v) is 6.38. The minimum Gasteiger partial charge on any atom is -0.347 e. The average molecular weight is 389 g/mol. The van der Waals surface area contributed by atoms with Gasteiger partial charge in [-0.1, -0.05) is 35.9 Å². The van der Waals surface area contributed by atoms with Crippen molar-refractivity contribution >= 4 is 15.9 Å². The van der Waals surface area contributed by atoms with E-state index in [1.54, 1.807) is 19.1 Å². The molecule has 5 nitrogen and oxygen atoms in total. The minimum absolute atomic E-state index is 0.150. The van der Waals surface area contributed by atoms with Crippen LogP contribution in [0.4, 0.5) is 0 Å².